The number of likely N-dealkylation sites (N-methyl/N-ethyl adjacent to an activating group) is 1. The van der Waals surface area contributed by atoms with E-state index in [4.69, 9.17) is 0 Å². The quantitative estimate of drug-likeness (QED) is 0.730. The third-order valence-electron chi connectivity index (χ3n) is 2.54. The SMILES string of the molecule is C=C(C)NCCN(C)Cc1ccccc1C=O. The number of aldehydes is 1. The number of benzene rings is 1. The van der Waals surface area contributed by atoms with Crippen LogP contribution in [0, 0.1) is 0 Å². The van der Waals surface area contributed by atoms with Gasteiger partial charge in [-0.05, 0) is 19.5 Å². The van der Waals surface area contributed by atoms with Gasteiger partial charge in [-0.2, -0.15) is 0 Å². The lowest BCUT2D eigenvalue weighted by Crippen LogP contribution is -2.28. The fourth-order valence-electron chi connectivity index (χ4n) is 1.62. The number of carbonyl (C=O) groups is 1. The Morgan fingerprint density at radius 3 is 2.82 bits per heavy atom. The van der Waals surface area contributed by atoms with Gasteiger partial charge in [0.25, 0.3) is 0 Å². The Morgan fingerprint density at radius 1 is 1.47 bits per heavy atom. The molecule has 0 fully saturated rings. The molecule has 0 saturated carbocycles. The summed E-state index contributed by atoms with van der Waals surface area (Å²) in [6.07, 6.45) is 0.912. The Bertz CT molecular complexity index is 388. The molecule has 3 heteroatoms. The molecule has 0 saturated heterocycles. The fourth-order valence-corrected chi connectivity index (χ4v) is 1.62. The van der Waals surface area contributed by atoms with E-state index in [1.165, 1.54) is 0 Å². The van der Waals surface area contributed by atoms with E-state index < -0.39 is 0 Å². The van der Waals surface area contributed by atoms with Crippen LogP contribution in [0.25, 0.3) is 0 Å². The maximum atomic E-state index is 10.9. The number of hydrogen-bond acceptors (Lipinski definition) is 3. The highest BCUT2D eigenvalue weighted by molar-refractivity contribution is 5.77. The molecule has 0 radical (unpaired) electrons. The smallest absolute Gasteiger partial charge is 0.150 e. The molecule has 0 atom stereocenters. The van der Waals surface area contributed by atoms with E-state index in [2.05, 4.69) is 16.8 Å². The Labute approximate surface area is 103 Å². The van der Waals surface area contributed by atoms with E-state index in [0.29, 0.717) is 0 Å². The number of nitrogens with one attached hydrogen (secondary N) is 1. The summed E-state index contributed by atoms with van der Waals surface area (Å²) in [6, 6.07) is 7.69. The van der Waals surface area contributed by atoms with Crippen molar-refractivity contribution >= 4 is 6.29 Å². The van der Waals surface area contributed by atoms with E-state index >= 15 is 0 Å². The van der Waals surface area contributed by atoms with Crippen LogP contribution in [-0.2, 0) is 6.54 Å². The summed E-state index contributed by atoms with van der Waals surface area (Å²) >= 11 is 0. The van der Waals surface area contributed by atoms with Crippen LogP contribution in [-0.4, -0.2) is 31.3 Å². The van der Waals surface area contributed by atoms with Gasteiger partial charge in [0.2, 0.25) is 0 Å². The van der Waals surface area contributed by atoms with Gasteiger partial charge in [0.05, 0.1) is 0 Å². The number of rotatable bonds is 7. The minimum atomic E-state index is 0.771. The highest BCUT2D eigenvalue weighted by atomic mass is 16.1. The third-order valence-corrected chi connectivity index (χ3v) is 2.54. The predicted octanol–water partition coefficient (Wildman–Crippen LogP) is 2.05. The highest BCUT2D eigenvalue weighted by Crippen LogP contribution is 2.08. The predicted molar refractivity (Wildman–Crippen MR) is 71.0 cm³/mol. The molecule has 0 heterocycles. The molecule has 0 bridgehead atoms. The zero-order valence-corrected chi connectivity index (χ0v) is 10.6. The van der Waals surface area contributed by atoms with Gasteiger partial charge in [-0.25, -0.2) is 0 Å². The van der Waals surface area contributed by atoms with Crippen molar-refractivity contribution in [1.29, 1.82) is 0 Å². The molecule has 0 aliphatic rings. The first kappa shape index (κ1) is 13.5. The summed E-state index contributed by atoms with van der Waals surface area (Å²) in [5, 5.41) is 3.19. The lowest BCUT2D eigenvalue weighted by Gasteiger charge is -2.18. The van der Waals surface area contributed by atoms with Crippen LogP contribution in [0.3, 0.4) is 0 Å². The second kappa shape index (κ2) is 6.86. The van der Waals surface area contributed by atoms with E-state index in [0.717, 1.165) is 42.7 Å². The highest BCUT2D eigenvalue weighted by Gasteiger charge is 2.04. The lowest BCUT2D eigenvalue weighted by atomic mass is 10.1. The van der Waals surface area contributed by atoms with Crippen LogP contribution in [0.1, 0.15) is 22.8 Å². The summed E-state index contributed by atoms with van der Waals surface area (Å²) in [4.78, 5) is 13.0. The Hall–Kier alpha value is -1.61. The van der Waals surface area contributed by atoms with Crippen LogP contribution in [0.5, 0.6) is 0 Å². The fraction of sp³-hybridized carbons (Fsp3) is 0.357. The van der Waals surface area contributed by atoms with Gasteiger partial charge in [0.15, 0.2) is 0 Å². The van der Waals surface area contributed by atoms with Gasteiger partial charge in [-0.15, -0.1) is 0 Å². The van der Waals surface area contributed by atoms with Crippen molar-refractivity contribution in [1.82, 2.24) is 10.2 Å². The first-order chi connectivity index (χ1) is 8.13. The molecule has 3 nitrogen and oxygen atoms in total. The van der Waals surface area contributed by atoms with E-state index in [-0.39, 0.29) is 0 Å². The zero-order chi connectivity index (χ0) is 12.7. The molecule has 1 aromatic carbocycles. The van der Waals surface area contributed by atoms with E-state index in [1.807, 2.05) is 38.2 Å². The van der Waals surface area contributed by atoms with E-state index in [9.17, 15) is 4.79 Å². The first-order valence-corrected chi connectivity index (χ1v) is 5.74. The molecule has 17 heavy (non-hydrogen) atoms. The van der Waals surface area contributed by atoms with Crippen LogP contribution < -0.4 is 5.32 Å². The standard InChI is InChI=1S/C14H20N2O/c1-12(2)15-8-9-16(3)10-13-6-4-5-7-14(13)11-17/h4-7,11,15H,1,8-10H2,2-3H3. The summed E-state index contributed by atoms with van der Waals surface area (Å²) in [5.41, 5.74) is 2.82. The molecular weight excluding hydrogens is 212 g/mol. The number of hydrogen-bond donors (Lipinski definition) is 1. The molecule has 0 aliphatic heterocycles. The molecule has 1 rings (SSSR count). The summed E-state index contributed by atoms with van der Waals surface area (Å²) in [5.74, 6) is 0. The molecular formula is C14H20N2O. The topological polar surface area (TPSA) is 32.3 Å². The van der Waals surface area contributed by atoms with Gasteiger partial charge in [0, 0.05) is 30.9 Å². The lowest BCUT2D eigenvalue weighted by molar-refractivity contribution is 0.112. The van der Waals surface area contributed by atoms with Crippen molar-refractivity contribution < 1.29 is 4.79 Å². The molecule has 1 N–H and O–H groups in total. The van der Waals surface area contributed by atoms with Gasteiger partial charge < -0.3 is 10.2 Å². The van der Waals surface area contributed by atoms with Gasteiger partial charge in [0.1, 0.15) is 6.29 Å². The average molecular weight is 232 g/mol. The van der Waals surface area contributed by atoms with Crippen molar-refractivity contribution in [3.8, 4) is 0 Å². The van der Waals surface area contributed by atoms with Crippen molar-refractivity contribution in [2.75, 3.05) is 20.1 Å². The normalized spacial score (nSPS) is 10.3. The second-order valence-electron chi connectivity index (χ2n) is 4.26. The molecule has 92 valence electrons. The van der Waals surface area contributed by atoms with E-state index in [1.54, 1.807) is 0 Å². The summed E-state index contributed by atoms with van der Waals surface area (Å²) in [7, 11) is 2.04. The Morgan fingerprint density at radius 2 is 2.18 bits per heavy atom. The molecule has 0 unspecified atom stereocenters. The number of nitrogens with zero attached hydrogens (tertiary/aromatic N) is 1. The Kier molecular flexibility index (Phi) is 5.43. The second-order valence-corrected chi connectivity index (χ2v) is 4.26. The van der Waals surface area contributed by atoms with Crippen LogP contribution in [0.4, 0.5) is 0 Å². The molecule has 0 amide bonds. The summed E-state index contributed by atoms with van der Waals surface area (Å²) < 4.78 is 0. The first-order valence-electron chi connectivity index (χ1n) is 5.74. The maximum Gasteiger partial charge on any atom is 0.150 e. The van der Waals surface area contributed by atoms with Crippen LogP contribution in [0.15, 0.2) is 36.5 Å². The monoisotopic (exact) mass is 232 g/mol. The van der Waals surface area contributed by atoms with Gasteiger partial charge >= 0.3 is 0 Å². The van der Waals surface area contributed by atoms with Crippen molar-refractivity contribution in [3.63, 3.8) is 0 Å². The number of allylic oxidation sites excluding steroid dienone is 1. The molecule has 1 aromatic rings. The minimum absolute atomic E-state index is 0.771. The van der Waals surface area contributed by atoms with Crippen molar-refractivity contribution in [3.05, 3.63) is 47.7 Å². The molecule has 0 spiro atoms. The molecule has 0 aliphatic carbocycles. The van der Waals surface area contributed by atoms with Crippen LogP contribution >= 0.6 is 0 Å². The minimum Gasteiger partial charge on any atom is -0.388 e. The largest absolute Gasteiger partial charge is 0.388 e. The molecule has 0 aromatic heterocycles. The van der Waals surface area contributed by atoms with Crippen molar-refractivity contribution in [2.45, 2.75) is 13.5 Å². The van der Waals surface area contributed by atoms with Crippen molar-refractivity contribution in [2.24, 2.45) is 0 Å². The Balaban J connectivity index is 2.47. The number of carbonyl (C=O) groups excluding carboxylic acids is 1. The maximum absolute atomic E-state index is 10.9. The third kappa shape index (κ3) is 4.83. The average Bonchev–Trinajstić information content (AvgIpc) is 2.29. The van der Waals surface area contributed by atoms with Gasteiger partial charge in [-0.3, -0.25) is 4.79 Å². The zero-order valence-electron chi connectivity index (χ0n) is 10.6. The van der Waals surface area contributed by atoms with Crippen LogP contribution in [0.2, 0.25) is 0 Å². The summed E-state index contributed by atoms with van der Waals surface area (Å²) in [6.45, 7) is 8.30. The van der Waals surface area contributed by atoms with Gasteiger partial charge in [-0.1, -0.05) is 30.8 Å².